The molecule has 432 valence electrons. The second-order valence-electron chi connectivity index (χ2n) is 20.2. The number of fused-ring (bicyclic) bond motifs is 9. The number of ether oxygens (including phenoxy) is 4. The number of nitrogen functional groups attached to an aromatic ring is 2. The van der Waals surface area contributed by atoms with Crippen molar-refractivity contribution in [1.29, 1.82) is 0 Å². The lowest BCUT2D eigenvalue weighted by atomic mass is 9.96. The van der Waals surface area contributed by atoms with E-state index in [1.807, 2.05) is 28.9 Å². The number of rotatable bonds is 11. The van der Waals surface area contributed by atoms with E-state index in [9.17, 15) is 14.2 Å². The molecule has 3 saturated heterocycles. The van der Waals surface area contributed by atoms with E-state index in [1.54, 1.807) is 36.4 Å². The third-order valence-electron chi connectivity index (χ3n) is 14.6. The van der Waals surface area contributed by atoms with Gasteiger partial charge in [0, 0.05) is 42.4 Å². The number of esters is 1. The van der Waals surface area contributed by atoms with Crippen LogP contribution in [0.15, 0.2) is 127 Å². The van der Waals surface area contributed by atoms with Crippen LogP contribution in [0.25, 0.3) is 44.8 Å². The first-order valence-corrected chi connectivity index (χ1v) is 31.4. The van der Waals surface area contributed by atoms with Crippen LogP contribution in [0.4, 0.5) is 26.1 Å². The van der Waals surface area contributed by atoms with Gasteiger partial charge in [0.15, 0.2) is 41.6 Å². The number of pyridine rings is 1. The lowest BCUT2D eigenvalue weighted by Gasteiger charge is -2.30. The van der Waals surface area contributed by atoms with Crippen LogP contribution >= 0.6 is 25.7 Å². The molecule has 4 aromatic carbocycles. The smallest absolute Gasteiger partial charge is 0.389 e. The summed E-state index contributed by atoms with van der Waals surface area (Å²) in [6.07, 6.45) is -9.87. The molecule has 9 aromatic rings. The normalized spacial score (nSPS) is 26.0. The maximum absolute atomic E-state index is 17.1. The van der Waals surface area contributed by atoms with Crippen molar-refractivity contribution in [2.75, 3.05) is 43.2 Å². The molecule has 0 aliphatic carbocycles. The van der Waals surface area contributed by atoms with Gasteiger partial charge in [0.25, 0.3) is 20.6 Å². The number of hydrogen-bond donors (Lipinski definition) is 3. The van der Waals surface area contributed by atoms with E-state index in [-0.39, 0.29) is 57.6 Å². The second-order valence-corrected chi connectivity index (χ2v) is 26.2. The predicted octanol–water partition coefficient (Wildman–Crippen LogP) is 6.97. The third kappa shape index (κ3) is 10.6. The summed E-state index contributed by atoms with van der Waals surface area (Å²) in [6.45, 7) is -4.62. The van der Waals surface area contributed by atoms with Gasteiger partial charge in [-0.2, -0.15) is 4.98 Å². The number of aromatic amines is 1. The minimum Gasteiger partial charge on any atom is -0.492 e. The molecular weight excluding hydrogens is 1150 g/mol. The van der Waals surface area contributed by atoms with E-state index >= 15 is 13.3 Å². The molecule has 0 saturated carbocycles. The molecule has 4 aliphatic heterocycles. The summed E-state index contributed by atoms with van der Waals surface area (Å²) >= 11 is 0.670. The minimum absolute atomic E-state index is 0.0810. The number of para-hydroxylation sites is 1. The van der Waals surface area contributed by atoms with E-state index < -0.39 is 88.2 Å². The van der Waals surface area contributed by atoms with Crippen LogP contribution in [0.3, 0.4) is 0 Å². The molecule has 0 bridgehead atoms. The van der Waals surface area contributed by atoms with Crippen molar-refractivity contribution in [3.8, 4) is 34.0 Å². The van der Waals surface area contributed by atoms with Crippen molar-refractivity contribution < 1.29 is 59.7 Å². The highest BCUT2D eigenvalue weighted by molar-refractivity contribution is 8.54. The number of nitrogens with one attached hydrogen (secondary N) is 1. The molecule has 0 amide bonds. The number of carbonyl (C=O) groups excluding carboxylic acids is 1. The van der Waals surface area contributed by atoms with E-state index in [0.29, 0.717) is 35.8 Å². The number of halogens is 2. The fraction of sp³-hybridized carbons (Fsp3) is 0.283. The highest BCUT2D eigenvalue weighted by Gasteiger charge is 2.55. The van der Waals surface area contributed by atoms with Gasteiger partial charge < -0.3 is 44.4 Å². The number of carbonyl (C=O) groups is 1. The average Bonchev–Trinajstić information content (AvgIpc) is 3.10. The Bertz CT molecular complexity index is 4150. The molecule has 25 nitrogen and oxygen atoms in total. The van der Waals surface area contributed by atoms with Gasteiger partial charge in [0.2, 0.25) is 5.95 Å². The van der Waals surface area contributed by atoms with Crippen molar-refractivity contribution >= 4 is 78.8 Å². The number of nitrogens with two attached hydrogens (primary N) is 2. The first-order valence-electron chi connectivity index (χ1n) is 26.3. The van der Waals surface area contributed by atoms with Gasteiger partial charge in [0.1, 0.15) is 53.7 Å². The van der Waals surface area contributed by atoms with E-state index in [1.165, 1.54) is 35.3 Å². The number of benzene rings is 4. The lowest BCUT2D eigenvalue weighted by molar-refractivity contribution is -0.0546. The summed E-state index contributed by atoms with van der Waals surface area (Å²) in [4.78, 5) is 47.3. The van der Waals surface area contributed by atoms with Crippen molar-refractivity contribution in [1.82, 2.24) is 49.0 Å². The first-order chi connectivity index (χ1) is 40.6. The van der Waals surface area contributed by atoms with Crippen LogP contribution in [0, 0.1) is 0 Å². The van der Waals surface area contributed by atoms with Crippen molar-refractivity contribution in [2.24, 2.45) is 0 Å². The molecule has 0 spiro atoms. The maximum Gasteiger partial charge on any atom is 0.389 e. The van der Waals surface area contributed by atoms with Crippen LogP contribution in [-0.4, -0.2) is 126 Å². The molecule has 84 heavy (non-hydrogen) atoms. The van der Waals surface area contributed by atoms with Gasteiger partial charge in [-0.05, 0) is 71.0 Å². The van der Waals surface area contributed by atoms with Crippen LogP contribution < -0.4 is 31.4 Å². The molecule has 4 aliphatic rings. The van der Waals surface area contributed by atoms with Crippen LogP contribution in [0.1, 0.15) is 33.9 Å². The number of anilines is 3. The fourth-order valence-electron chi connectivity index (χ4n) is 10.6. The Morgan fingerprint density at radius 1 is 0.810 bits per heavy atom. The Kier molecular flexibility index (Phi) is 14.7. The summed E-state index contributed by atoms with van der Waals surface area (Å²) in [6, 6.07) is 30.7. The Labute approximate surface area is 480 Å². The third-order valence-corrected chi connectivity index (χ3v) is 19.5. The van der Waals surface area contributed by atoms with E-state index in [0.717, 1.165) is 52.2 Å². The van der Waals surface area contributed by atoms with E-state index in [2.05, 4.69) is 71.4 Å². The summed E-state index contributed by atoms with van der Waals surface area (Å²) in [7, 11) is -1.12. The molecule has 10 atom stereocenters. The van der Waals surface area contributed by atoms with Gasteiger partial charge in [-0.1, -0.05) is 59.8 Å². The Morgan fingerprint density at radius 3 is 2.24 bits per heavy atom. The topological polar surface area (TPSA) is 305 Å². The van der Waals surface area contributed by atoms with Crippen molar-refractivity contribution in [3.05, 3.63) is 149 Å². The molecule has 0 unspecified atom stereocenters. The molecule has 13 rings (SSSR count). The molecule has 5 aromatic heterocycles. The Balaban J connectivity index is 0.693. The zero-order chi connectivity index (χ0) is 58.0. The summed E-state index contributed by atoms with van der Waals surface area (Å²) in [5.74, 6) is -0.287. The van der Waals surface area contributed by atoms with Crippen LogP contribution in [0.2, 0.25) is 0 Å². The van der Waals surface area contributed by atoms with E-state index in [4.69, 9.17) is 48.5 Å². The number of hydrogen-bond acceptors (Lipinski definition) is 22. The zero-order valence-corrected chi connectivity index (χ0v) is 47.1. The number of H-pyrrole nitrogens is 1. The molecule has 9 heterocycles. The number of alkyl halides is 2. The second kappa shape index (κ2) is 22.3. The highest BCUT2D eigenvalue weighted by Crippen LogP contribution is 2.65. The Morgan fingerprint density at radius 2 is 1.48 bits per heavy atom. The minimum atomic E-state index is -4.61. The van der Waals surface area contributed by atoms with Gasteiger partial charge in [-0.3, -0.25) is 32.5 Å². The van der Waals surface area contributed by atoms with Gasteiger partial charge in [0.05, 0.1) is 49.4 Å². The summed E-state index contributed by atoms with van der Waals surface area (Å²) in [5.41, 5.74) is 18.3. The number of aromatic nitrogens is 10. The summed E-state index contributed by atoms with van der Waals surface area (Å²) in [5, 5.41) is 9.19. The SMILES string of the molecule is B[P@]1(=O)OC[C@H]2O[C@@H](n3cnc4c(N)ccnc43)[C@H](F)[C@@H]2O[P@@](=O)(SCc2ccc(OC(=O)c3ccc(OCCn4nnc5c4-c4ccccc4CN(C)c4ccccc4-5)cc3)cc2)OC[C@H]2O[C@@H](n3cnc4c(=O)[nH]c(N)nc43)[C@H](F)[C@@H]2O1. The number of nitrogens with zero attached hydrogens (tertiary/aromatic N) is 10. The van der Waals surface area contributed by atoms with Crippen molar-refractivity contribution in [2.45, 2.75) is 68.1 Å². The van der Waals surface area contributed by atoms with Gasteiger partial charge in [-0.25, -0.2) is 37.8 Å². The zero-order valence-electron chi connectivity index (χ0n) is 44.5. The van der Waals surface area contributed by atoms with Crippen LogP contribution in [0.5, 0.6) is 11.5 Å². The Hall–Kier alpha value is -7.85. The molecule has 3 fully saturated rings. The van der Waals surface area contributed by atoms with Crippen LogP contribution in [-0.2, 0) is 55.5 Å². The van der Waals surface area contributed by atoms with Gasteiger partial charge in [-0.15, -0.1) is 5.10 Å². The molecule has 0 radical (unpaired) electrons. The quantitative estimate of drug-likeness (QED) is 0.0509. The van der Waals surface area contributed by atoms with Gasteiger partial charge >= 0.3 is 12.8 Å². The average molecular weight is 1200 g/mol. The maximum atomic E-state index is 17.1. The highest BCUT2D eigenvalue weighted by atomic mass is 32.7. The lowest BCUT2D eigenvalue weighted by Crippen LogP contribution is -2.37. The fourth-order valence-corrected chi connectivity index (χ4v) is 15.1. The molecule has 31 heteroatoms. The largest absolute Gasteiger partial charge is 0.492 e. The molecular formula is C53H50BF2N13O12P2S. The monoisotopic (exact) mass is 1200 g/mol. The number of imidazole rings is 2. The standard InChI is InChI=1S/C53H50BF2N13O12P2S/c1-66-22-30-6-2-3-7-33(30)44-41(34-8-4-5-9-36(34)66)64-65-69(44)20-21-74-31-16-12-29(13-17-31)52(71)77-32-14-10-28(11-15-32)25-84-83(73)76-24-38-45(39(55)51(79-38)68-27-61-43-48(68)62-53(58)63-49(43)70)80-82(54,72)75-23-37-46(81-83)40(56)50(78-37)67-26-60-42-35(57)18-19-59-47(42)67/h2-19,26-27,37-40,45-46,50-51H,20-25,54H2,1H3,(H2,57,59)(H3,58,62,63,70)/t37-,38-,39-,40-,45-,46-,50-,51-,82+,83+/m1/s1. The predicted molar refractivity (Wildman–Crippen MR) is 305 cm³/mol. The molecule has 5 N–H and O–H groups in total. The first kappa shape index (κ1) is 55.4. The summed E-state index contributed by atoms with van der Waals surface area (Å²) < 4.78 is 115. The van der Waals surface area contributed by atoms with Crippen molar-refractivity contribution in [3.63, 3.8) is 0 Å².